The van der Waals surface area contributed by atoms with Gasteiger partial charge in [0.15, 0.2) is 5.96 Å². The van der Waals surface area contributed by atoms with Crippen LogP contribution >= 0.6 is 35.3 Å². The van der Waals surface area contributed by atoms with E-state index in [4.69, 9.17) is 0 Å². The number of hydrogen-bond acceptors (Lipinski definition) is 3. The number of carbonyl (C=O) groups is 1. The summed E-state index contributed by atoms with van der Waals surface area (Å²) in [6.07, 6.45) is 4.01. The minimum Gasteiger partial charge on any atom is -0.356 e. The van der Waals surface area contributed by atoms with Crippen LogP contribution in [0.2, 0.25) is 0 Å². The molecule has 1 atom stereocenters. The van der Waals surface area contributed by atoms with Crippen molar-refractivity contribution < 1.29 is 4.79 Å². The van der Waals surface area contributed by atoms with Crippen molar-refractivity contribution in [3.63, 3.8) is 0 Å². The summed E-state index contributed by atoms with van der Waals surface area (Å²) >= 11 is 1.74. The zero-order valence-electron chi connectivity index (χ0n) is 14.8. The van der Waals surface area contributed by atoms with Crippen molar-refractivity contribution in [2.75, 3.05) is 20.1 Å². The molecule has 1 fully saturated rings. The van der Waals surface area contributed by atoms with Gasteiger partial charge in [-0.05, 0) is 50.1 Å². The van der Waals surface area contributed by atoms with Crippen LogP contribution < -0.4 is 10.6 Å². The molecule has 2 rings (SSSR count). The van der Waals surface area contributed by atoms with Crippen LogP contribution in [0.15, 0.2) is 16.4 Å². The molecule has 0 aromatic carbocycles. The summed E-state index contributed by atoms with van der Waals surface area (Å²) in [7, 11) is 1.76. The molecule has 7 heteroatoms. The Morgan fingerprint density at radius 2 is 2.21 bits per heavy atom. The molecular formula is C17H29IN4OS. The van der Waals surface area contributed by atoms with E-state index in [2.05, 4.69) is 40.9 Å². The monoisotopic (exact) mass is 464 g/mol. The third-order valence-electron chi connectivity index (χ3n) is 4.36. The first-order valence-electron chi connectivity index (χ1n) is 8.38. The van der Waals surface area contributed by atoms with Crippen molar-refractivity contribution in [2.24, 2.45) is 4.99 Å². The van der Waals surface area contributed by atoms with E-state index in [1.165, 1.54) is 16.9 Å². The Kier molecular flexibility index (Phi) is 9.65. The smallest absolute Gasteiger partial charge is 0.224 e. The topological polar surface area (TPSA) is 56.7 Å². The largest absolute Gasteiger partial charge is 0.356 e. The number of aryl methyl sites for hydroxylation is 1. The molecule has 1 aliphatic heterocycles. The van der Waals surface area contributed by atoms with Crippen molar-refractivity contribution in [1.29, 1.82) is 0 Å². The predicted molar refractivity (Wildman–Crippen MR) is 112 cm³/mol. The van der Waals surface area contributed by atoms with Gasteiger partial charge in [0.2, 0.25) is 5.91 Å². The lowest BCUT2D eigenvalue weighted by Crippen LogP contribution is -2.44. The molecule has 0 radical (unpaired) electrons. The van der Waals surface area contributed by atoms with E-state index in [1.807, 2.05) is 4.90 Å². The number of likely N-dealkylation sites (tertiary alicyclic amines) is 1. The zero-order chi connectivity index (χ0) is 16.7. The van der Waals surface area contributed by atoms with Crippen molar-refractivity contribution in [1.82, 2.24) is 15.5 Å². The number of halogens is 1. The highest BCUT2D eigenvalue weighted by molar-refractivity contribution is 14.0. The molecule has 0 saturated carbocycles. The van der Waals surface area contributed by atoms with Gasteiger partial charge in [0.25, 0.3) is 0 Å². The molecule has 0 aliphatic carbocycles. The first-order valence-corrected chi connectivity index (χ1v) is 9.26. The summed E-state index contributed by atoms with van der Waals surface area (Å²) < 4.78 is 0. The Morgan fingerprint density at radius 1 is 1.42 bits per heavy atom. The maximum Gasteiger partial charge on any atom is 0.224 e. The summed E-state index contributed by atoms with van der Waals surface area (Å²) in [5, 5.41) is 8.63. The fourth-order valence-electron chi connectivity index (χ4n) is 2.87. The molecule has 136 valence electrons. The lowest BCUT2D eigenvalue weighted by atomic mass is 10.0. The standard InChI is InChI=1S/C17H28N4OS.HI/c1-13-8-11-23-15(13)12-20-17(18-3)19-9-7-16(22)21-10-5-4-6-14(21)2;/h8,11,14H,4-7,9-10,12H2,1-3H3,(H2,18,19,20);1H. The number of nitrogens with zero attached hydrogens (tertiary/aromatic N) is 2. The van der Waals surface area contributed by atoms with E-state index in [-0.39, 0.29) is 29.9 Å². The molecule has 1 saturated heterocycles. The van der Waals surface area contributed by atoms with Crippen LogP contribution in [0.4, 0.5) is 0 Å². The average molecular weight is 464 g/mol. The fraction of sp³-hybridized carbons (Fsp3) is 0.647. The molecule has 1 amide bonds. The van der Waals surface area contributed by atoms with E-state index in [0.29, 0.717) is 19.0 Å². The number of nitrogens with one attached hydrogen (secondary N) is 2. The molecule has 1 unspecified atom stereocenters. The van der Waals surface area contributed by atoms with E-state index in [9.17, 15) is 4.79 Å². The van der Waals surface area contributed by atoms with Crippen LogP contribution in [0, 0.1) is 6.92 Å². The Morgan fingerprint density at radius 3 is 2.83 bits per heavy atom. The first-order chi connectivity index (χ1) is 11.1. The Hall–Kier alpha value is -0.830. The maximum atomic E-state index is 12.3. The van der Waals surface area contributed by atoms with Crippen LogP contribution in [0.1, 0.15) is 43.0 Å². The van der Waals surface area contributed by atoms with Crippen molar-refractivity contribution in [3.05, 3.63) is 21.9 Å². The summed E-state index contributed by atoms with van der Waals surface area (Å²) in [6, 6.07) is 2.51. The number of aliphatic imine (C=N–C) groups is 1. The van der Waals surface area contributed by atoms with E-state index < -0.39 is 0 Å². The molecule has 0 spiro atoms. The van der Waals surface area contributed by atoms with Gasteiger partial charge in [-0.25, -0.2) is 0 Å². The summed E-state index contributed by atoms with van der Waals surface area (Å²) in [6.45, 7) is 6.55. The molecule has 1 aromatic heterocycles. The van der Waals surface area contributed by atoms with E-state index in [0.717, 1.165) is 31.9 Å². The number of piperidine rings is 1. The zero-order valence-corrected chi connectivity index (χ0v) is 17.9. The summed E-state index contributed by atoms with van der Waals surface area (Å²) in [5.74, 6) is 0.992. The summed E-state index contributed by atoms with van der Waals surface area (Å²) in [4.78, 5) is 19.8. The molecule has 5 nitrogen and oxygen atoms in total. The number of hydrogen-bond donors (Lipinski definition) is 2. The van der Waals surface area contributed by atoms with E-state index in [1.54, 1.807) is 18.4 Å². The van der Waals surface area contributed by atoms with Crippen LogP contribution in [0.3, 0.4) is 0 Å². The van der Waals surface area contributed by atoms with Gasteiger partial charge in [0.05, 0.1) is 6.54 Å². The number of carbonyl (C=O) groups excluding carboxylic acids is 1. The molecular weight excluding hydrogens is 435 g/mol. The predicted octanol–water partition coefficient (Wildman–Crippen LogP) is 3.13. The molecule has 0 bridgehead atoms. The highest BCUT2D eigenvalue weighted by atomic mass is 127. The third kappa shape index (κ3) is 6.23. The Labute approximate surface area is 166 Å². The molecule has 1 aromatic rings. The average Bonchev–Trinajstić information content (AvgIpc) is 2.96. The van der Waals surface area contributed by atoms with E-state index >= 15 is 0 Å². The summed E-state index contributed by atoms with van der Waals surface area (Å²) in [5.41, 5.74) is 1.30. The minimum absolute atomic E-state index is 0. The van der Waals surface area contributed by atoms with Gasteiger partial charge < -0.3 is 15.5 Å². The normalized spacial score (nSPS) is 18.0. The van der Waals surface area contributed by atoms with Gasteiger partial charge in [0, 0.05) is 37.5 Å². The maximum absolute atomic E-state index is 12.3. The second-order valence-corrected chi connectivity index (χ2v) is 7.06. The molecule has 1 aliphatic rings. The lowest BCUT2D eigenvalue weighted by Gasteiger charge is -2.33. The molecule has 24 heavy (non-hydrogen) atoms. The Bertz CT molecular complexity index is 546. The molecule has 2 heterocycles. The Balaban J connectivity index is 0.00000288. The highest BCUT2D eigenvalue weighted by Gasteiger charge is 2.22. The van der Waals surface area contributed by atoms with Crippen molar-refractivity contribution in [2.45, 2.75) is 52.1 Å². The van der Waals surface area contributed by atoms with Crippen molar-refractivity contribution in [3.8, 4) is 0 Å². The number of thiophene rings is 1. The van der Waals surface area contributed by atoms with Gasteiger partial charge in [-0.15, -0.1) is 35.3 Å². The number of guanidine groups is 1. The second-order valence-electron chi connectivity index (χ2n) is 6.06. The van der Waals surface area contributed by atoms with Crippen molar-refractivity contribution >= 4 is 47.2 Å². The SMILES string of the molecule is CN=C(NCCC(=O)N1CCCCC1C)NCc1sccc1C.I. The van der Waals surface area contributed by atoms with Crippen LogP contribution in [0.25, 0.3) is 0 Å². The van der Waals surface area contributed by atoms with Gasteiger partial charge in [0.1, 0.15) is 0 Å². The lowest BCUT2D eigenvalue weighted by molar-refractivity contribution is -0.134. The minimum atomic E-state index is 0. The number of amides is 1. The van der Waals surface area contributed by atoms with Gasteiger partial charge in [-0.2, -0.15) is 0 Å². The van der Waals surface area contributed by atoms with Crippen LogP contribution in [-0.2, 0) is 11.3 Å². The number of rotatable bonds is 5. The van der Waals surface area contributed by atoms with Gasteiger partial charge in [-0.1, -0.05) is 0 Å². The second kappa shape index (κ2) is 10.9. The fourth-order valence-corrected chi connectivity index (χ4v) is 3.72. The third-order valence-corrected chi connectivity index (χ3v) is 5.39. The quantitative estimate of drug-likeness (QED) is 0.400. The van der Waals surface area contributed by atoms with Gasteiger partial charge >= 0.3 is 0 Å². The van der Waals surface area contributed by atoms with Crippen LogP contribution in [-0.4, -0.2) is 42.9 Å². The first kappa shape index (κ1) is 21.2. The highest BCUT2D eigenvalue weighted by Crippen LogP contribution is 2.17. The van der Waals surface area contributed by atoms with Gasteiger partial charge in [-0.3, -0.25) is 9.79 Å². The van der Waals surface area contributed by atoms with Crippen LogP contribution in [0.5, 0.6) is 0 Å². The molecule has 2 N–H and O–H groups in total.